The quantitative estimate of drug-likeness (QED) is 0.908. The Labute approximate surface area is 114 Å². The minimum Gasteiger partial charge on any atom is -0.353 e. The van der Waals surface area contributed by atoms with E-state index in [2.05, 4.69) is 26.1 Å². The molecule has 0 aromatic heterocycles. The van der Waals surface area contributed by atoms with Crippen molar-refractivity contribution in [1.82, 2.24) is 10.2 Å². The van der Waals surface area contributed by atoms with Crippen LogP contribution in [0.3, 0.4) is 0 Å². The fourth-order valence-corrected chi connectivity index (χ4v) is 2.49. The smallest absolute Gasteiger partial charge is 0.240 e. The number of piperazine rings is 1. The monoisotopic (exact) mass is 314 g/mol. The Hall–Kier alpha value is -0.940. The maximum Gasteiger partial charge on any atom is 0.240 e. The van der Waals surface area contributed by atoms with E-state index in [1.807, 2.05) is 19.9 Å². The number of benzene rings is 1. The number of halogens is 2. The molecule has 1 fully saturated rings. The molecule has 0 saturated carbocycles. The topological polar surface area (TPSA) is 32.3 Å². The molecule has 1 aromatic carbocycles. The lowest BCUT2D eigenvalue weighted by molar-refractivity contribution is -0.135. The molecule has 1 aromatic rings. The van der Waals surface area contributed by atoms with E-state index in [9.17, 15) is 9.18 Å². The lowest BCUT2D eigenvalue weighted by atomic mass is 9.98. The zero-order valence-electron chi connectivity index (χ0n) is 10.5. The van der Waals surface area contributed by atoms with Gasteiger partial charge in [-0.1, -0.05) is 12.1 Å². The molecule has 0 spiro atoms. The summed E-state index contributed by atoms with van der Waals surface area (Å²) in [5, 5.41) is 2.85. The van der Waals surface area contributed by atoms with Gasteiger partial charge in [-0.05, 0) is 41.4 Å². The van der Waals surface area contributed by atoms with Gasteiger partial charge in [0.05, 0.1) is 10.0 Å². The van der Waals surface area contributed by atoms with Gasteiger partial charge in [-0.3, -0.25) is 9.69 Å². The fraction of sp³-hybridized carbons (Fsp3) is 0.462. The molecule has 3 nitrogen and oxygen atoms in total. The van der Waals surface area contributed by atoms with Crippen molar-refractivity contribution in [3.8, 4) is 0 Å². The van der Waals surface area contributed by atoms with E-state index in [4.69, 9.17) is 0 Å². The summed E-state index contributed by atoms with van der Waals surface area (Å²) in [5.41, 5.74) is 0.294. The Kier molecular flexibility index (Phi) is 3.73. The molecule has 0 bridgehead atoms. The summed E-state index contributed by atoms with van der Waals surface area (Å²) in [6.07, 6.45) is 0. The average Bonchev–Trinajstić information content (AvgIpc) is 2.31. The summed E-state index contributed by atoms with van der Waals surface area (Å²) >= 11 is 3.26. The van der Waals surface area contributed by atoms with Crippen LogP contribution < -0.4 is 5.32 Å². The van der Waals surface area contributed by atoms with Crippen LogP contribution in [-0.2, 0) is 11.3 Å². The SMILES string of the molecule is CC1(C)C(=O)NCCN1Cc1cccc(F)c1Br. The van der Waals surface area contributed by atoms with Crippen LogP contribution in [0.15, 0.2) is 22.7 Å². The maximum atomic E-state index is 13.5. The molecule has 98 valence electrons. The van der Waals surface area contributed by atoms with E-state index >= 15 is 0 Å². The number of nitrogens with one attached hydrogen (secondary N) is 1. The van der Waals surface area contributed by atoms with Crippen LogP contribution in [0.4, 0.5) is 4.39 Å². The normalized spacial score (nSPS) is 19.7. The van der Waals surface area contributed by atoms with Gasteiger partial charge in [0.15, 0.2) is 0 Å². The highest BCUT2D eigenvalue weighted by molar-refractivity contribution is 9.10. The van der Waals surface area contributed by atoms with Gasteiger partial charge in [-0.2, -0.15) is 0 Å². The number of rotatable bonds is 2. The Morgan fingerprint density at radius 1 is 1.50 bits per heavy atom. The van der Waals surface area contributed by atoms with Crippen molar-refractivity contribution in [2.75, 3.05) is 13.1 Å². The van der Waals surface area contributed by atoms with Crippen LogP contribution in [0.2, 0.25) is 0 Å². The highest BCUT2D eigenvalue weighted by atomic mass is 79.9. The summed E-state index contributed by atoms with van der Waals surface area (Å²) in [6, 6.07) is 4.98. The number of carbonyl (C=O) groups is 1. The molecule has 1 aliphatic heterocycles. The fourth-order valence-electron chi connectivity index (χ4n) is 2.10. The molecular weight excluding hydrogens is 299 g/mol. The van der Waals surface area contributed by atoms with Gasteiger partial charge in [0, 0.05) is 19.6 Å². The molecule has 1 aliphatic rings. The highest BCUT2D eigenvalue weighted by Crippen LogP contribution is 2.26. The van der Waals surface area contributed by atoms with E-state index in [1.54, 1.807) is 6.07 Å². The molecule has 1 amide bonds. The molecule has 2 rings (SSSR count). The molecular formula is C13H16BrFN2O. The zero-order valence-corrected chi connectivity index (χ0v) is 12.1. The lowest BCUT2D eigenvalue weighted by Gasteiger charge is -2.41. The number of hydrogen-bond acceptors (Lipinski definition) is 2. The van der Waals surface area contributed by atoms with Crippen LogP contribution in [0.25, 0.3) is 0 Å². The van der Waals surface area contributed by atoms with Gasteiger partial charge in [0.25, 0.3) is 0 Å². The van der Waals surface area contributed by atoms with E-state index in [0.717, 1.165) is 12.1 Å². The van der Waals surface area contributed by atoms with Crippen molar-refractivity contribution in [2.45, 2.75) is 25.9 Å². The first kappa shape index (κ1) is 13.5. The van der Waals surface area contributed by atoms with Crippen molar-refractivity contribution in [2.24, 2.45) is 0 Å². The molecule has 0 atom stereocenters. The standard InChI is InChI=1S/C13H16BrFN2O/c1-13(2)12(18)16-6-7-17(13)8-9-4-3-5-10(15)11(9)14/h3-5H,6-8H2,1-2H3,(H,16,18). The molecule has 1 saturated heterocycles. The molecule has 1 heterocycles. The van der Waals surface area contributed by atoms with Gasteiger partial charge in [-0.15, -0.1) is 0 Å². The lowest BCUT2D eigenvalue weighted by Crippen LogP contribution is -2.61. The van der Waals surface area contributed by atoms with Crippen molar-refractivity contribution in [3.63, 3.8) is 0 Å². The maximum absolute atomic E-state index is 13.5. The van der Waals surface area contributed by atoms with E-state index in [0.29, 0.717) is 17.6 Å². The molecule has 18 heavy (non-hydrogen) atoms. The second kappa shape index (κ2) is 4.97. The first-order valence-corrected chi connectivity index (χ1v) is 6.68. The predicted molar refractivity (Wildman–Crippen MR) is 71.6 cm³/mol. The Morgan fingerprint density at radius 2 is 2.22 bits per heavy atom. The number of nitrogens with zero attached hydrogens (tertiary/aromatic N) is 1. The van der Waals surface area contributed by atoms with E-state index in [1.165, 1.54) is 6.07 Å². The number of amides is 1. The van der Waals surface area contributed by atoms with Gasteiger partial charge in [-0.25, -0.2) is 4.39 Å². The second-order valence-corrected chi connectivity index (χ2v) is 5.74. The average molecular weight is 315 g/mol. The molecule has 0 unspecified atom stereocenters. The van der Waals surface area contributed by atoms with Crippen LogP contribution in [-0.4, -0.2) is 29.4 Å². The van der Waals surface area contributed by atoms with Crippen LogP contribution in [0.1, 0.15) is 19.4 Å². The molecule has 0 radical (unpaired) electrons. The van der Waals surface area contributed by atoms with Crippen molar-refractivity contribution in [1.29, 1.82) is 0 Å². The summed E-state index contributed by atoms with van der Waals surface area (Å²) in [7, 11) is 0. The van der Waals surface area contributed by atoms with E-state index < -0.39 is 5.54 Å². The Balaban J connectivity index is 2.23. The van der Waals surface area contributed by atoms with Crippen LogP contribution >= 0.6 is 15.9 Å². The molecule has 1 N–H and O–H groups in total. The van der Waals surface area contributed by atoms with Crippen molar-refractivity contribution < 1.29 is 9.18 Å². The summed E-state index contributed by atoms with van der Waals surface area (Å²) in [5.74, 6) is -0.256. The second-order valence-electron chi connectivity index (χ2n) is 4.95. The predicted octanol–water partition coefficient (Wildman–Crippen LogP) is 2.30. The van der Waals surface area contributed by atoms with Gasteiger partial charge < -0.3 is 5.32 Å². The minimum atomic E-state index is -0.565. The third kappa shape index (κ3) is 2.42. The van der Waals surface area contributed by atoms with Crippen LogP contribution in [0, 0.1) is 5.82 Å². The number of carbonyl (C=O) groups excluding carboxylic acids is 1. The Bertz CT molecular complexity index is 476. The third-order valence-electron chi connectivity index (χ3n) is 3.41. The van der Waals surface area contributed by atoms with Crippen molar-refractivity contribution in [3.05, 3.63) is 34.1 Å². The van der Waals surface area contributed by atoms with Crippen LogP contribution in [0.5, 0.6) is 0 Å². The van der Waals surface area contributed by atoms with Crippen molar-refractivity contribution >= 4 is 21.8 Å². The van der Waals surface area contributed by atoms with Gasteiger partial charge in [0.1, 0.15) is 5.82 Å². The molecule has 0 aliphatic carbocycles. The van der Waals surface area contributed by atoms with Gasteiger partial charge >= 0.3 is 0 Å². The van der Waals surface area contributed by atoms with Gasteiger partial charge in [0.2, 0.25) is 5.91 Å². The highest BCUT2D eigenvalue weighted by Gasteiger charge is 2.37. The summed E-state index contributed by atoms with van der Waals surface area (Å²) in [6.45, 7) is 5.72. The largest absolute Gasteiger partial charge is 0.353 e. The molecule has 5 heteroatoms. The minimum absolute atomic E-state index is 0.0151. The zero-order chi connectivity index (χ0) is 13.3. The first-order chi connectivity index (χ1) is 8.43. The Morgan fingerprint density at radius 3 is 2.94 bits per heavy atom. The number of hydrogen-bond donors (Lipinski definition) is 1. The summed E-state index contributed by atoms with van der Waals surface area (Å²) < 4.78 is 13.9. The van der Waals surface area contributed by atoms with E-state index in [-0.39, 0.29) is 11.7 Å². The first-order valence-electron chi connectivity index (χ1n) is 5.89. The third-order valence-corrected chi connectivity index (χ3v) is 4.29. The summed E-state index contributed by atoms with van der Waals surface area (Å²) in [4.78, 5) is 13.9.